The van der Waals surface area contributed by atoms with Crippen LogP contribution in [0.2, 0.25) is 10.0 Å². The van der Waals surface area contributed by atoms with E-state index in [2.05, 4.69) is 37.7 Å². The van der Waals surface area contributed by atoms with Gasteiger partial charge in [0.25, 0.3) is 0 Å². The van der Waals surface area contributed by atoms with Gasteiger partial charge in [-0.25, -0.2) is 15.0 Å². The van der Waals surface area contributed by atoms with Crippen LogP contribution in [0.15, 0.2) is 42.7 Å². The van der Waals surface area contributed by atoms with Crippen molar-refractivity contribution in [1.29, 1.82) is 0 Å². The number of halogens is 2. The predicted molar refractivity (Wildman–Crippen MR) is 160 cm³/mol. The van der Waals surface area contributed by atoms with Crippen molar-refractivity contribution in [3.05, 3.63) is 58.3 Å². The minimum absolute atomic E-state index is 0.165. The van der Waals surface area contributed by atoms with Crippen molar-refractivity contribution in [3.63, 3.8) is 0 Å². The monoisotopic (exact) mass is 584 g/mol. The zero-order valence-corrected chi connectivity index (χ0v) is 24.8. The lowest BCUT2D eigenvalue weighted by atomic mass is 9.94. The third-order valence-electron chi connectivity index (χ3n) is 8.03. The highest BCUT2D eigenvalue weighted by molar-refractivity contribution is 6.35. The van der Waals surface area contributed by atoms with Gasteiger partial charge in [-0.2, -0.15) is 0 Å². The largest absolute Gasteiger partial charge is 0.436 e. The summed E-state index contributed by atoms with van der Waals surface area (Å²) in [4.78, 5) is 20.9. The Hall–Kier alpha value is -2.49. The van der Waals surface area contributed by atoms with E-state index < -0.39 is 0 Å². The smallest absolute Gasteiger partial charge is 0.225 e. The average Bonchev–Trinajstić information content (AvgIpc) is 2.97. The number of piperazine rings is 1. The summed E-state index contributed by atoms with van der Waals surface area (Å²) in [5.41, 5.74) is 2.72. The van der Waals surface area contributed by atoms with Crippen LogP contribution in [0.1, 0.15) is 38.7 Å². The van der Waals surface area contributed by atoms with E-state index in [1.54, 1.807) is 18.5 Å². The fourth-order valence-corrected chi connectivity index (χ4v) is 6.01. The SMILES string of the molecule is CCC1CCN(Cc2cc(Oc3cnc(N4CCN(C(C)CO)CC4)nc3)nc(-c3cc(Cl)cc(Cl)c3)c2)CC1. The van der Waals surface area contributed by atoms with Crippen LogP contribution in [0.25, 0.3) is 11.3 Å². The Labute approximate surface area is 246 Å². The van der Waals surface area contributed by atoms with Gasteiger partial charge < -0.3 is 14.7 Å². The van der Waals surface area contributed by atoms with E-state index in [-0.39, 0.29) is 12.6 Å². The number of aromatic nitrogens is 3. The molecule has 8 nitrogen and oxygen atoms in total. The first kappa shape index (κ1) is 29.0. The molecule has 1 unspecified atom stereocenters. The first-order valence-electron chi connectivity index (χ1n) is 14.2. The molecule has 5 rings (SSSR count). The van der Waals surface area contributed by atoms with Gasteiger partial charge in [-0.15, -0.1) is 0 Å². The Morgan fingerprint density at radius 3 is 2.25 bits per heavy atom. The number of ether oxygens (including phenoxy) is 1. The summed E-state index contributed by atoms with van der Waals surface area (Å²) in [5.74, 6) is 2.51. The van der Waals surface area contributed by atoms with Crippen LogP contribution in [0, 0.1) is 5.92 Å². The second-order valence-corrected chi connectivity index (χ2v) is 11.7. The fraction of sp³-hybridized carbons (Fsp3) is 0.500. The molecule has 0 spiro atoms. The van der Waals surface area contributed by atoms with E-state index in [1.165, 1.54) is 19.3 Å². The molecule has 1 N–H and O–H groups in total. The molecule has 3 aromatic rings. The summed E-state index contributed by atoms with van der Waals surface area (Å²) in [7, 11) is 0. The number of anilines is 1. The third kappa shape index (κ3) is 7.42. The maximum absolute atomic E-state index is 9.43. The van der Waals surface area contributed by atoms with Crippen molar-refractivity contribution in [3.8, 4) is 22.9 Å². The second kappa shape index (κ2) is 13.4. The normalized spacial score (nSPS) is 18.2. The average molecular weight is 586 g/mol. The first-order chi connectivity index (χ1) is 19.4. The van der Waals surface area contributed by atoms with E-state index >= 15 is 0 Å². The van der Waals surface area contributed by atoms with Crippen molar-refractivity contribution in [2.75, 3.05) is 50.8 Å². The molecule has 0 bridgehead atoms. The molecule has 214 valence electrons. The molecule has 1 aromatic carbocycles. The van der Waals surface area contributed by atoms with Crippen LogP contribution in [-0.2, 0) is 6.54 Å². The molecule has 0 aliphatic carbocycles. The highest BCUT2D eigenvalue weighted by Crippen LogP contribution is 2.31. The Balaban J connectivity index is 1.32. The van der Waals surface area contributed by atoms with Gasteiger partial charge in [0, 0.05) is 60.4 Å². The lowest BCUT2D eigenvalue weighted by Crippen LogP contribution is -2.51. The second-order valence-electron chi connectivity index (χ2n) is 10.9. The third-order valence-corrected chi connectivity index (χ3v) is 8.47. The molecule has 10 heteroatoms. The number of benzene rings is 1. The lowest BCUT2D eigenvalue weighted by molar-refractivity contribution is 0.128. The van der Waals surface area contributed by atoms with E-state index in [9.17, 15) is 5.11 Å². The van der Waals surface area contributed by atoms with E-state index in [4.69, 9.17) is 32.9 Å². The predicted octanol–water partition coefficient (Wildman–Crippen LogP) is 5.76. The molecule has 2 aromatic heterocycles. The van der Waals surface area contributed by atoms with E-state index in [0.29, 0.717) is 27.6 Å². The Morgan fingerprint density at radius 1 is 0.950 bits per heavy atom. The Bertz CT molecular complexity index is 1240. The topological polar surface area (TPSA) is 77.9 Å². The van der Waals surface area contributed by atoms with E-state index in [0.717, 1.165) is 68.6 Å². The maximum Gasteiger partial charge on any atom is 0.225 e. The number of likely N-dealkylation sites (tertiary alicyclic amines) is 1. The summed E-state index contributed by atoms with van der Waals surface area (Å²) in [5, 5.41) is 10.6. The summed E-state index contributed by atoms with van der Waals surface area (Å²) in [6.07, 6.45) is 7.12. The highest BCUT2D eigenvalue weighted by atomic mass is 35.5. The van der Waals surface area contributed by atoms with Gasteiger partial charge >= 0.3 is 0 Å². The number of aliphatic hydroxyl groups excluding tert-OH is 1. The molecular formula is C30H38Cl2N6O2. The summed E-state index contributed by atoms with van der Waals surface area (Å²) >= 11 is 12.6. The molecule has 2 fully saturated rings. The highest BCUT2D eigenvalue weighted by Gasteiger charge is 2.22. The van der Waals surface area contributed by atoms with Crippen LogP contribution in [0.5, 0.6) is 11.6 Å². The molecule has 2 aliphatic rings. The van der Waals surface area contributed by atoms with Gasteiger partial charge in [0.2, 0.25) is 11.8 Å². The van der Waals surface area contributed by atoms with Crippen molar-refractivity contribution in [1.82, 2.24) is 24.8 Å². The van der Waals surface area contributed by atoms with Gasteiger partial charge in [-0.3, -0.25) is 9.80 Å². The van der Waals surface area contributed by atoms with Gasteiger partial charge in [-0.1, -0.05) is 36.5 Å². The molecular weight excluding hydrogens is 547 g/mol. The van der Waals surface area contributed by atoms with Crippen molar-refractivity contribution in [2.24, 2.45) is 5.92 Å². The standard InChI is InChI=1S/C30H38Cl2N6O2/c1-3-22-4-6-36(7-5-22)19-23-12-28(24-14-25(31)16-26(32)15-24)35-29(13-23)40-27-17-33-30(34-18-27)38-10-8-37(9-11-38)21(2)20-39/h12-18,21-22,39H,3-11,19-20H2,1-2H3. The molecule has 40 heavy (non-hydrogen) atoms. The molecule has 0 radical (unpaired) electrons. The van der Waals surface area contributed by atoms with Gasteiger partial charge in [0.05, 0.1) is 24.7 Å². The first-order valence-corrected chi connectivity index (χ1v) is 14.9. The Morgan fingerprint density at radius 2 is 1.62 bits per heavy atom. The van der Waals surface area contributed by atoms with Crippen LogP contribution < -0.4 is 9.64 Å². The summed E-state index contributed by atoms with van der Waals surface area (Å²) in [6, 6.07) is 9.72. The molecule has 1 atom stereocenters. The van der Waals surface area contributed by atoms with E-state index in [1.807, 2.05) is 25.1 Å². The van der Waals surface area contributed by atoms with Crippen LogP contribution in [0.3, 0.4) is 0 Å². The fourth-order valence-electron chi connectivity index (χ4n) is 5.49. The van der Waals surface area contributed by atoms with Gasteiger partial charge in [0.1, 0.15) is 0 Å². The number of pyridine rings is 1. The molecule has 2 aliphatic heterocycles. The minimum atomic E-state index is 0.165. The zero-order chi connectivity index (χ0) is 28.1. The molecule has 2 saturated heterocycles. The van der Waals surface area contributed by atoms with Crippen molar-refractivity contribution in [2.45, 2.75) is 45.7 Å². The van der Waals surface area contributed by atoms with Crippen LogP contribution in [-0.4, -0.2) is 81.8 Å². The quantitative estimate of drug-likeness (QED) is 0.340. The number of hydrogen-bond acceptors (Lipinski definition) is 8. The number of nitrogens with zero attached hydrogens (tertiary/aromatic N) is 6. The van der Waals surface area contributed by atoms with Crippen molar-refractivity contribution >= 4 is 29.2 Å². The number of hydrogen-bond donors (Lipinski definition) is 1. The molecule has 0 amide bonds. The minimum Gasteiger partial charge on any atom is -0.436 e. The van der Waals surface area contributed by atoms with Crippen molar-refractivity contribution < 1.29 is 9.84 Å². The number of rotatable bonds is 9. The lowest BCUT2D eigenvalue weighted by Gasteiger charge is -2.37. The molecule has 4 heterocycles. The van der Waals surface area contributed by atoms with Crippen LogP contribution >= 0.6 is 23.2 Å². The maximum atomic E-state index is 9.43. The zero-order valence-electron chi connectivity index (χ0n) is 23.3. The van der Waals surface area contributed by atoms with Gasteiger partial charge in [-0.05, 0) is 68.6 Å². The molecule has 0 saturated carbocycles. The Kier molecular flexibility index (Phi) is 9.76. The van der Waals surface area contributed by atoms with Crippen LogP contribution in [0.4, 0.5) is 5.95 Å². The summed E-state index contributed by atoms with van der Waals surface area (Å²) in [6.45, 7) is 10.9. The summed E-state index contributed by atoms with van der Waals surface area (Å²) < 4.78 is 6.20. The van der Waals surface area contributed by atoms with Gasteiger partial charge in [0.15, 0.2) is 5.75 Å². The number of aliphatic hydroxyl groups is 1. The number of piperidine rings is 1.